The molecule has 0 bridgehead atoms. The zero-order valence-corrected chi connectivity index (χ0v) is 22.8. The van der Waals surface area contributed by atoms with Crippen molar-refractivity contribution in [1.82, 2.24) is 4.98 Å². The van der Waals surface area contributed by atoms with Gasteiger partial charge < -0.3 is 0 Å². The Hall–Kier alpha value is -2.22. The van der Waals surface area contributed by atoms with Crippen LogP contribution in [0.3, 0.4) is 0 Å². The summed E-state index contributed by atoms with van der Waals surface area (Å²) in [6, 6.07) is 11.2. The van der Waals surface area contributed by atoms with Crippen LogP contribution in [0, 0.1) is 24.7 Å². The van der Waals surface area contributed by atoms with E-state index in [4.69, 9.17) is 0 Å². The lowest BCUT2D eigenvalue weighted by molar-refractivity contribution is -0.128. The number of Topliss-reactive ketones (excluding diaryl/α,β-unsaturated/α-hetero) is 1. The average molecular weight is 486 g/mol. The molecule has 1 heterocycles. The number of pyridine rings is 1. The topological polar surface area (TPSA) is 30.0 Å². The summed E-state index contributed by atoms with van der Waals surface area (Å²) >= 11 is 0. The van der Waals surface area contributed by atoms with Crippen LogP contribution in [0.1, 0.15) is 119 Å². The molecule has 3 aliphatic rings. The van der Waals surface area contributed by atoms with Crippen molar-refractivity contribution in [1.29, 1.82) is 0 Å². The molecule has 1 aromatic carbocycles. The van der Waals surface area contributed by atoms with Crippen LogP contribution in [0.15, 0.2) is 48.8 Å². The van der Waals surface area contributed by atoms with Crippen LogP contribution in [-0.4, -0.2) is 10.8 Å². The minimum Gasteiger partial charge on any atom is -0.299 e. The van der Waals surface area contributed by atoms with Gasteiger partial charge in [-0.25, -0.2) is 0 Å². The second-order valence-corrected chi connectivity index (χ2v) is 11.7. The third kappa shape index (κ3) is 8.43. The first kappa shape index (κ1) is 26.8. The summed E-state index contributed by atoms with van der Waals surface area (Å²) < 4.78 is 0. The Balaban J connectivity index is 0.000000187. The highest BCUT2D eigenvalue weighted by molar-refractivity contribution is 5.83. The fraction of sp³-hybridized carbons (Fsp3) is 0.588. The number of allylic oxidation sites excluding steroid dienone is 1. The van der Waals surface area contributed by atoms with E-state index in [1.807, 2.05) is 12.4 Å². The van der Waals surface area contributed by atoms with Crippen molar-refractivity contribution in [2.75, 3.05) is 0 Å². The van der Waals surface area contributed by atoms with Crippen molar-refractivity contribution in [3.63, 3.8) is 0 Å². The summed E-state index contributed by atoms with van der Waals surface area (Å²) in [5.74, 6) is 2.87. The van der Waals surface area contributed by atoms with Crippen molar-refractivity contribution >= 4 is 11.9 Å². The van der Waals surface area contributed by atoms with Gasteiger partial charge in [-0.1, -0.05) is 87.4 Å². The Bertz CT molecular complexity index is 961. The van der Waals surface area contributed by atoms with E-state index in [1.165, 1.54) is 80.0 Å². The number of hydrogen-bond acceptors (Lipinski definition) is 2. The number of ketones is 1. The Morgan fingerprint density at radius 3 is 2.39 bits per heavy atom. The SMILES string of the molecule is CC(CCC/C=C/c1ccncc1C1CC1)C(=O)C1CCC1.Cc1ccc(CC2CCCCC2)cc1. The van der Waals surface area contributed by atoms with Crippen molar-refractivity contribution in [2.45, 2.75) is 110 Å². The van der Waals surface area contributed by atoms with Crippen molar-refractivity contribution in [3.8, 4) is 0 Å². The zero-order valence-electron chi connectivity index (χ0n) is 22.8. The molecule has 1 unspecified atom stereocenters. The molecule has 0 amide bonds. The summed E-state index contributed by atoms with van der Waals surface area (Å²) in [4.78, 5) is 16.4. The number of rotatable bonds is 10. The first-order chi connectivity index (χ1) is 17.6. The van der Waals surface area contributed by atoms with Crippen LogP contribution in [0.5, 0.6) is 0 Å². The van der Waals surface area contributed by atoms with Gasteiger partial charge >= 0.3 is 0 Å². The fourth-order valence-electron chi connectivity index (χ4n) is 5.74. The van der Waals surface area contributed by atoms with Crippen LogP contribution < -0.4 is 0 Å². The van der Waals surface area contributed by atoms with Crippen LogP contribution in [0.4, 0.5) is 0 Å². The van der Waals surface area contributed by atoms with Gasteiger partial charge in [0.1, 0.15) is 5.78 Å². The quantitative estimate of drug-likeness (QED) is 0.314. The van der Waals surface area contributed by atoms with Gasteiger partial charge in [-0.15, -0.1) is 0 Å². The summed E-state index contributed by atoms with van der Waals surface area (Å²) in [7, 11) is 0. The largest absolute Gasteiger partial charge is 0.299 e. The number of unbranched alkanes of at least 4 members (excludes halogenated alkanes) is 1. The smallest absolute Gasteiger partial charge is 0.138 e. The van der Waals surface area contributed by atoms with E-state index in [0.29, 0.717) is 11.7 Å². The number of aryl methyl sites for hydroxylation is 1. The maximum atomic E-state index is 12.1. The van der Waals surface area contributed by atoms with Crippen LogP contribution in [-0.2, 0) is 11.2 Å². The number of aromatic nitrogens is 1. The lowest BCUT2D eigenvalue weighted by Gasteiger charge is -2.26. The van der Waals surface area contributed by atoms with Crippen LogP contribution in [0.25, 0.3) is 6.08 Å². The van der Waals surface area contributed by atoms with Gasteiger partial charge in [0.05, 0.1) is 0 Å². The number of carbonyl (C=O) groups is 1. The fourth-order valence-corrected chi connectivity index (χ4v) is 5.74. The Kier molecular flexibility index (Phi) is 10.4. The predicted octanol–water partition coefficient (Wildman–Crippen LogP) is 9.27. The number of carbonyl (C=O) groups excluding carboxylic acids is 1. The molecule has 0 saturated heterocycles. The van der Waals surface area contributed by atoms with E-state index >= 15 is 0 Å². The monoisotopic (exact) mass is 485 g/mol. The van der Waals surface area contributed by atoms with Gasteiger partial charge in [-0.2, -0.15) is 0 Å². The molecule has 2 aromatic rings. The average Bonchev–Trinajstić information content (AvgIpc) is 3.71. The zero-order chi connectivity index (χ0) is 25.2. The predicted molar refractivity (Wildman–Crippen MR) is 152 cm³/mol. The third-order valence-electron chi connectivity index (χ3n) is 8.57. The molecular formula is C34H47NO. The van der Waals surface area contributed by atoms with Crippen LogP contribution >= 0.6 is 0 Å². The summed E-state index contributed by atoms with van der Waals surface area (Å²) in [5, 5.41) is 0. The normalized spacial score (nSPS) is 19.4. The van der Waals surface area contributed by atoms with E-state index in [-0.39, 0.29) is 5.92 Å². The molecule has 0 spiro atoms. The van der Waals surface area contributed by atoms with Gasteiger partial charge in [0.2, 0.25) is 0 Å². The lowest BCUT2D eigenvalue weighted by Crippen LogP contribution is -2.27. The Labute approximate surface area is 220 Å². The highest BCUT2D eigenvalue weighted by atomic mass is 16.1. The Morgan fingerprint density at radius 1 is 0.972 bits per heavy atom. The standard InChI is InChI=1S/C20H27NO.C14H20/c1-15(20(22)18-8-5-9-18)6-3-2-4-7-16-12-13-21-14-19(16)17-10-11-17;1-12-7-9-14(10-8-12)11-13-5-3-2-4-6-13/h4,7,12-15,17-18H,2-3,5-6,8-11H2,1H3;7-10,13H,2-6,11H2,1H3/b7-4+;. The van der Waals surface area contributed by atoms with E-state index in [0.717, 1.165) is 43.9 Å². The minimum absolute atomic E-state index is 0.252. The third-order valence-corrected chi connectivity index (χ3v) is 8.57. The first-order valence-electron chi connectivity index (χ1n) is 14.8. The molecule has 36 heavy (non-hydrogen) atoms. The second kappa shape index (κ2) is 13.9. The maximum absolute atomic E-state index is 12.1. The van der Waals surface area contributed by atoms with Gasteiger partial charge in [0, 0.05) is 24.2 Å². The van der Waals surface area contributed by atoms with Crippen LogP contribution in [0.2, 0.25) is 0 Å². The molecule has 0 aliphatic heterocycles. The number of hydrogen-bond donors (Lipinski definition) is 0. The molecular weight excluding hydrogens is 438 g/mol. The summed E-state index contributed by atoms with van der Waals surface area (Å²) in [6.07, 6.45) is 26.3. The number of nitrogens with zero attached hydrogens (tertiary/aromatic N) is 1. The lowest BCUT2D eigenvalue weighted by atomic mass is 9.77. The molecule has 1 atom stereocenters. The van der Waals surface area contributed by atoms with Crippen molar-refractivity contribution in [2.24, 2.45) is 17.8 Å². The summed E-state index contributed by atoms with van der Waals surface area (Å²) in [6.45, 7) is 4.27. The van der Waals surface area contributed by atoms with E-state index in [2.05, 4.69) is 61.3 Å². The summed E-state index contributed by atoms with van der Waals surface area (Å²) in [5.41, 5.74) is 5.64. The van der Waals surface area contributed by atoms with E-state index in [1.54, 1.807) is 0 Å². The minimum atomic E-state index is 0.252. The van der Waals surface area contributed by atoms with E-state index < -0.39 is 0 Å². The molecule has 0 N–H and O–H groups in total. The molecule has 0 radical (unpaired) electrons. The number of benzene rings is 1. The molecule has 3 saturated carbocycles. The van der Waals surface area contributed by atoms with E-state index in [9.17, 15) is 4.79 Å². The maximum Gasteiger partial charge on any atom is 0.138 e. The van der Waals surface area contributed by atoms with Gasteiger partial charge in [0.15, 0.2) is 0 Å². The highest BCUT2D eigenvalue weighted by Crippen LogP contribution is 2.41. The van der Waals surface area contributed by atoms with Gasteiger partial charge in [-0.3, -0.25) is 9.78 Å². The molecule has 5 rings (SSSR count). The molecule has 2 nitrogen and oxygen atoms in total. The molecule has 3 aliphatic carbocycles. The Morgan fingerprint density at radius 2 is 1.72 bits per heavy atom. The van der Waals surface area contributed by atoms with Crippen molar-refractivity contribution < 1.29 is 4.79 Å². The molecule has 2 heteroatoms. The van der Waals surface area contributed by atoms with Gasteiger partial charge in [0.25, 0.3) is 0 Å². The van der Waals surface area contributed by atoms with Gasteiger partial charge in [-0.05, 0) is 92.9 Å². The highest BCUT2D eigenvalue weighted by Gasteiger charge is 2.28. The molecule has 1 aromatic heterocycles. The molecule has 3 fully saturated rings. The molecule has 194 valence electrons. The van der Waals surface area contributed by atoms with Crippen molar-refractivity contribution in [3.05, 3.63) is 71.1 Å². The first-order valence-corrected chi connectivity index (χ1v) is 14.8. The second-order valence-electron chi connectivity index (χ2n) is 11.7.